The van der Waals surface area contributed by atoms with Crippen molar-refractivity contribution in [3.8, 4) is 0 Å². The van der Waals surface area contributed by atoms with Crippen molar-refractivity contribution in [2.75, 3.05) is 7.11 Å². The van der Waals surface area contributed by atoms with Crippen LogP contribution in [0.15, 0.2) is 21.5 Å². The fourth-order valence-electron chi connectivity index (χ4n) is 0.833. The van der Waals surface area contributed by atoms with Crippen LogP contribution in [0.2, 0.25) is 0 Å². The van der Waals surface area contributed by atoms with Crippen molar-refractivity contribution in [2.45, 2.75) is 4.90 Å². The molecule has 1 rings (SSSR count). The van der Waals surface area contributed by atoms with E-state index in [1.165, 1.54) is 19.2 Å². The Morgan fingerprint density at radius 1 is 1.62 bits per heavy atom. The molecule has 0 atom stereocenters. The molecule has 1 aromatic carbocycles. The average molecular weight is 265 g/mol. The van der Waals surface area contributed by atoms with Gasteiger partial charge in [-0.15, -0.1) is 12.6 Å². The van der Waals surface area contributed by atoms with E-state index in [1.807, 2.05) is 0 Å². The number of carbonyl (C=O) groups is 1. The summed E-state index contributed by atoms with van der Waals surface area (Å²) < 4.78 is 18.2. The van der Waals surface area contributed by atoms with Crippen LogP contribution in [0.4, 0.5) is 4.39 Å². The van der Waals surface area contributed by atoms with Crippen molar-refractivity contribution in [2.24, 2.45) is 0 Å². The van der Waals surface area contributed by atoms with Crippen molar-refractivity contribution in [3.63, 3.8) is 0 Å². The Morgan fingerprint density at radius 3 is 2.77 bits per heavy atom. The first-order chi connectivity index (χ1) is 6.06. The number of hydrogen-bond acceptors (Lipinski definition) is 3. The summed E-state index contributed by atoms with van der Waals surface area (Å²) >= 11 is 6.98. The van der Waals surface area contributed by atoms with Gasteiger partial charge in [0, 0.05) is 9.37 Å². The normalized spacial score (nSPS) is 9.85. The van der Waals surface area contributed by atoms with Crippen molar-refractivity contribution in [3.05, 3.63) is 28.0 Å². The zero-order chi connectivity index (χ0) is 10.0. The molecule has 2 nitrogen and oxygen atoms in total. The lowest BCUT2D eigenvalue weighted by Crippen LogP contribution is -2.04. The molecule has 0 aliphatic heterocycles. The van der Waals surface area contributed by atoms with E-state index in [0.29, 0.717) is 4.47 Å². The molecule has 0 aromatic heterocycles. The van der Waals surface area contributed by atoms with E-state index in [4.69, 9.17) is 0 Å². The second-order valence-corrected chi connectivity index (χ2v) is 3.68. The monoisotopic (exact) mass is 264 g/mol. The lowest BCUT2D eigenvalue weighted by Gasteiger charge is -2.03. The minimum absolute atomic E-state index is 0.106. The highest BCUT2D eigenvalue weighted by Crippen LogP contribution is 2.23. The molecule has 0 fully saturated rings. The molecule has 0 unspecified atom stereocenters. The van der Waals surface area contributed by atoms with Gasteiger partial charge in [-0.3, -0.25) is 0 Å². The van der Waals surface area contributed by atoms with Crippen molar-refractivity contribution in [1.82, 2.24) is 0 Å². The maximum atomic E-state index is 13.2. The molecule has 0 N–H and O–H groups in total. The van der Waals surface area contributed by atoms with Crippen molar-refractivity contribution in [1.29, 1.82) is 0 Å². The third-order valence-corrected chi connectivity index (χ3v) is 2.21. The van der Waals surface area contributed by atoms with E-state index < -0.39 is 11.8 Å². The molecule has 0 aliphatic carbocycles. The Labute approximate surface area is 88.6 Å². The van der Waals surface area contributed by atoms with Gasteiger partial charge in [-0.25, -0.2) is 9.18 Å². The molecule has 70 valence electrons. The quantitative estimate of drug-likeness (QED) is 0.624. The Morgan fingerprint density at radius 2 is 2.23 bits per heavy atom. The summed E-state index contributed by atoms with van der Waals surface area (Å²) in [5, 5.41) is 0. The molecule has 0 bridgehead atoms. The van der Waals surface area contributed by atoms with Gasteiger partial charge in [-0.2, -0.15) is 0 Å². The summed E-state index contributed by atoms with van der Waals surface area (Å²) in [5.41, 5.74) is -0.123. The number of hydrogen-bond donors (Lipinski definition) is 1. The fraction of sp³-hybridized carbons (Fsp3) is 0.125. The second kappa shape index (κ2) is 4.11. The van der Waals surface area contributed by atoms with Crippen LogP contribution in [0.25, 0.3) is 0 Å². The summed E-state index contributed by atoms with van der Waals surface area (Å²) in [7, 11) is 1.20. The first-order valence-corrected chi connectivity index (χ1v) is 4.56. The Hall–Kier alpha value is -0.550. The highest BCUT2D eigenvalue weighted by atomic mass is 79.9. The highest BCUT2D eigenvalue weighted by Gasteiger charge is 2.15. The maximum absolute atomic E-state index is 13.2. The van der Waals surface area contributed by atoms with Crippen LogP contribution >= 0.6 is 28.6 Å². The second-order valence-electron chi connectivity index (χ2n) is 2.28. The molecule has 0 radical (unpaired) electrons. The van der Waals surface area contributed by atoms with Crippen LogP contribution in [-0.2, 0) is 4.74 Å². The third-order valence-electron chi connectivity index (χ3n) is 1.42. The van der Waals surface area contributed by atoms with Gasteiger partial charge in [-0.05, 0) is 12.1 Å². The summed E-state index contributed by atoms with van der Waals surface area (Å²) in [4.78, 5) is 11.1. The molecular weight excluding hydrogens is 259 g/mol. The smallest absolute Gasteiger partial charge is 0.340 e. The Balaban J connectivity index is 3.28. The molecule has 0 aliphatic rings. The molecule has 13 heavy (non-hydrogen) atoms. The van der Waals surface area contributed by atoms with E-state index in [2.05, 4.69) is 33.3 Å². The summed E-state index contributed by atoms with van der Waals surface area (Å²) in [6.07, 6.45) is 0. The van der Waals surface area contributed by atoms with Crippen molar-refractivity contribution < 1.29 is 13.9 Å². The van der Waals surface area contributed by atoms with Crippen molar-refractivity contribution >= 4 is 34.5 Å². The summed E-state index contributed by atoms with van der Waals surface area (Å²) in [5.74, 6) is -1.38. The number of ether oxygens (including phenoxy) is 1. The summed E-state index contributed by atoms with van der Waals surface area (Å²) in [6, 6.07) is 2.81. The third kappa shape index (κ3) is 2.22. The average Bonchev–Trinajstić information content (AvgIpc) is 2.10. The highest BCUT2D eigenvalue weighted by molar-refractivity contribution is 9.10. The zero-order valence-electron chi connectivity index (χ0n) is 6.67. The molecule has 0 spiro atoms. The fourth-order valence-corrected chi connectivity index (χ4v) is 1.73. The predicted molar refractivity (Wildman–Crippen MR) is 52.7 cm³/mol. The number of methoxy groups -OCH3 is 1. The lowest BCUT2D eigenvalue weighted by atomic mass is 10.2. The predicted octanol–water partition coefficient (Wildman–Crippen LogP) is 2.66. The molecule has 0 heterocycles. The lowest BCUT2D eigenvalue weighted by molar-refractivity contribution is 0.0594. The number of carbonyl (C=O) groups excluding carboxylic acids is 1. The van der Waals surface area contributed by atoms with Gasteiger partial charge in [0.1, 0.15) is 0 Å². The van der Waals surface area contributed by atoms with Gasteiger partial charge in [-0.1, -0.05) is 15.9 Å². The molecule has 0 saturated heterocycles. The van der Waals surface area contributed by atoms with E-state index in [1.54, 1.807) is 0 Å². The van der Waals surface area contributed by atoms with E-state index >= 15 is 0 Å². The SMILES string of the molecule is COC(=O)c1cc(Br)cc(S)c1F. The van der Waals surface area contributed by atoms with Gasteiger partial charge in [0.2, 0.25) is 0 Å². The standard InChI is InChI=1S/C8H6BrFO2S/c1-12-8(11)5-2-4(9)3-6(13)7(5)10/h2-3,13H,1H3. The molecular formula is C8H6BrFO2S. The van der Waals surface area contributed by atoms with Gasteiger partial charge in [0.05, 0.1) is 12.7 Å². The Bertz CT molecular complexity index is 354. The number of esters is 1. The van der Waals surface area contributed by atoms with E-state index in [0.717, 1.165) is 0 Å². The van der Waals surface area contributed by atoms with E-state index in [9.17, 15) is 9.18 Å². The summed E-state index contributed by atoms with van der Waals surface area (Å²) in [6.45, 7) is 0. The first-order valence-electron chi connectivity index (χ1n) is 3.32. The minimum Gasteiger partial charge on any atom is -0.465 e. The first kappa shape index (κ1) is 10.5. The molecule has 0 amide bonds. The van der Waals surface area contributed by atoms with Crippen LogP contribution in [0, 0.1) is 5.82 Å². The van der Waals surface area contributed by atoms with Crippen LogP contribution in [0.1, 0.15) is 10.4 Å². The largest absolute Gasteiger partial charge is 0.465 e. The van der Waals surface area contributed by atoms with Gasteiger partial charge in [0.25, 0.3) is 0 Å². The van der Waals surface area contributed by atoms with Gasteiger partial charge >= 0.3 is 5.97 Å². The minimum atomic E-state index is -0.714. The molecule has 0 saturated carbocycles. The zero-order valence-corrected chi connectivity index (χ0v) is 9.15. The van der Waals surface area contributed by atoms with E-state index in [-0.39, 0.29) is 10.5 Å². The topological polar surface area (TPSA) is 26.3 Å². The van der Waals surface area contributed by atoms with Gasteiger partial charge in [0.15, 0.2) is 5.82 Å². The van der Waals surface area contributed by atoms with Crippen LogP contribution in [0.5, 0.6) is 0 Å². The maximum Gasteiger partial charge on any atom is 0.340 e. The molecule has 5 heteroatoms. The number of halogens is 2. The van der Waals surface area contributed by atoms with Gasteiger partial charge < -0.3 is 4.74 Å². The number of rotatable bonds is 1. The van der Waals surface area contributed by atoms with Crippen LogP contribution in [0.3, 0.4) is 0 Å². The Kier molecular flexibility index (Phi) is 3.33. The number of thiol groups is 1. The number of benzene rings is 1. The van der Waals surface area contributed by atoms with Crippen LogP contribution in [-0.4, -0.2) is 13.1 Å². The van der Waals surface area contributed by atoms with Crippen LogP contribution < -0.4 is 0 Å². The molecule has 1 aromatic rings.